The molecule has 0 aliphatic carbocycles. The molecular formula is C56H104NO8P. The second-order valence-corrected chi connectivity index (χ2v) is 19.9. The minimum Gasteiger partial charge on any atom is -0.462 e. The summed E-state index contributed by atoms with van der Waals surface area (Å²) in [6.45, 7) is 3.64. The van der Waals surface area contributed by atoms with E-state index < -0.39 is 26.5 Å². The van der Waals surface area contributed by atoms with Crippen LogP contribution in [0.5, 0.6) is 0 Å². The van der Waals surface area contributed by atoms with Crippen LogP contribution < -0.4 is 5.73 Å². The van der Waals surface area contributed by atoms with Gasteiger partial charge in [0, 0.05) is 19.4 Å². The fourth-order valence-electron chi connectivity index (χ4n) is 7.92. The maximum atomic E-state index is 12.6. The van der Waals surface area contributed by atoms with Gasteiger partial charge >= 0.3 is 19.8 Å². The molecule has 0 rings (SSSR count). The number of phosphoric ester groups is 1. The SMILES string of the molecule is CC/C=C\C/C=C\C/C=C\C/C=C\CCCCCCCCCCCCCCCCCCCCCCCCC(=O)OC(COC(=O)CCCCCCCCCCCC)COP(=O)(O)OCCN. The Morgan fingerprint density at radius 3 is 1.24 bits per heavy atom. The van der Waals surface area contributed by atoms with Gasteiger partial charge in [0.25, 0.3) is 0 Å². The van der Waals surface area contributed by atoms with Crippen LogP contribution in [0.15, 0.2) is 48.6 Å². The number of rotatable bonds is 52. The predicted octanol–water partition coefficient (Wildman–Crippen LogP) is 17.0. The molecule has 10 heteroatoms. The highest BCUT2D eigenvalue weighted by atomic mass is 31.2. The van der Waals surface area contributed by atoms with E-state index in [-0.39, 0.29) is 38.6 Å². The lowest BCUT2D eigenvalue weighted by atomic mass is 10.0. The zero-order valence-corrected chi connectivity index (χ0v) is 43.8. The molecule has 2 unspecified atom stereocenters. The number of carbonyl (C=O) groups is 2. The minimum absolute atomic E-state index is 0.0555. The highest BCUT2D eigenvalue weighted by Gasteiger charge is 2.26. The van der Waals surface area contributed by atoms with Crippen molar-refractivity contribution in [3.63, 3.8) is 0 Å². The molecule has 0 saturated carbocycles. The Kier molecular flexibility index (Phi) is 50.7. The number of esters is 2. The van der Waals surface area contributed by atoms with E-state index in [1.165, 1.54) is 173 Å². The zero-order valence-electron chi connectivity index (χ0n) is 42.9. The first-order chi connectivity index (χ1) is 32.3. The lowest BCUT2D eigenvalue weighted by Gasteiger charge is -2.19. The topological polar surface area (TPSA) is 134 Å². The van der Waals surface area contributed by atoms with Crippen LogP contribution in [0.2, 0.25) is 0 Å². The van der Waals surface area contributed by atoms with Crippen molar-refractivity contribution < 1.29 is 37.6 Å². The van der Waals surface area contributed by atoms with E-state index in [2.05, 4.69) is 62.5 Å². The molecule has 0 aromatic heterocycles. The van der Waals surface area contributed by atoms with Crippen molar-refractivity contribution in [2.75, 3.05) is 26.4 Å². The van der Waals surface area contributed by atoms with Gasteiger partial charge in [0.05, 0.1) is 13.2 Å². The Hall–Kier alpha value is -2.03. The van der Waals surface area contributed by atoms with E-state index in [4.69, 9.17) is 24.3 Å². The number of hydrogen-bond acceptors (Lipinski definition) is 8. The first kappa shape index (κ1) is 64.0. The number of ether oxygens (including phenoxy) is 2. The summed E-state index contributed by atoms with van der Waals surface area (Å²) in [5.41, 5.74) is 5.36. The summed E-state index contributed by atoms with van der Waals surface area (Å²) in [4.78, 5) is 34.9. The van der Waals surface area contributed by atoms with Crippen LogP contribution in [-0.4, -0.2) is 49.3 Å². The maximum Gasteiger partial charge on any atom is 0.472 e. The van der Waals surface area contributed by atoms with Gasteiger partial charge in [-0.15, -0.1) is 0 Å². The highest BCUT2D eigenvalue weighted by molar-refractivity contribution is 7.47. The molecule has 0 fully saturated rings. The van der Waals surface area contributed by atoms with Crippen LogP contribution in [0.4, 0.5) is 0 Å². The molecule has 0 bridgehead atoms. The molecule has 9 nitrogen and oxygen atoms in total. The zero-order chi connectivity index (χ0) is 48.1. The van der Waals surface area contributed by atoms with Crippen LogP contribution in [0, 0.1) is 0 Å². The van der Waals surface area contributed by atoms with Crippen molar-refractivity contribution in [1.29, 1.82) is 0 Å². The Labute approximate surface area is 407 Å². The molecule has 3 N–H and O–H groups in total. The number of phosphoric acid groups is 1. The summed E-state index contributed by atoms with van der Waals surface area (Å²) in [5, 5.41) is 0. The molecule has 0 aromatic rings. The number of carbonyl (C=O) groups excluding carboxylic acids is 2. The molecule has 0 heterocycles. The van der Waals surface area contributed by atoms with Gasteiger partial charge in [0.2, 0.25) is 0 Å². The van der Waals surface area contributed by atoms with E-state index in [1.54, 1.807) is 0 Å². The Bertz CT molecular complexity index is 1220. The second kappa shape index (κ2) is 52.3. The van der Waals surface area contributed by atoms with Crippen LogP contribution >= 0.6 is 7.82 Å². The number of unbranched alkanes of at least 4 members (excludes halogenated alkanes) is 31. The van der Waals surface area contributed by atoms with Crippen LogP contribution in [0.1, 0.15) is 264 Å². The Morgan fingerprint density at radius 1 is 0.470 bits per heavy atom. The Balaban J connectivity index is 3.77. The molecule has 0 aliphatic heterocycles. The van der Waals surface area contributed by atoms with E-state index >= 15 is 0 Å². The van der Waals surface area contributed by atoms with Crippen molar-refractivity contribution >= 4 is 19.8 Å². The molecule has 0 amide bonds. The molecule has 0 aliphatic rings. The molecule has 0 radical (unpaired) electrons. The van der Waals surface area contributed by atoms with Crippen molar-refractivity contribution in [2.45, 2.75) is 270 Å². The average molecular weight is 950 g/mol. The third-order valence-electron chi connectivity index (χ3n) is 12.0. The normalized spacial score (nSPS) is 13.5. The van der Waals surface area contributed by atoms with Crippen molar-refractivity contribution in [2.24, 2.45) is 5.73 Å². The number of nitrogens with two attached hydrogens (primary N) is 1. The molecule has 0 spiro atoms. The summed E-state index contributed by atoms with van der Waals surface area (Å²) in [6, 6.07) is 0. The van der Waals surface area contributed by atoms with E-state index in [9.17, 15) is 19.0 Å². The monoisotopic (exact) mass is 950 g/mol. The van der Waals surface area contributed by atoms with Gasteiger partial charge in [-0.3, -0.25) is 18.6 Å². The Morgan fingerprint density at radius 2 is 0.833 bits per heavy atom. The van der Waals surface area contributed by atoms with Gasteiger partial charge in [-0.05, 0) is 51.4 Å². The number of hydrogen-bond donors (Lipinski definition) is 2. The van der Waals surface area contributed by atoms with Crippen LogP contribution in [0.3, 0.4) is 0 Å². The standard InChI is InChI=1S/C56H104NO8P/c1-3-5-7-9-11-13-15-16-17-18-19-20-21-22-23-24-25-26-27-28-29-30-31-32-33-34-35-36-37-38-39-41-43-45-47-49-56(59)65-54(53-64-66(60,61)63-51-50-57)52-62-55(58)48-46-44-42-40-14-12-10-8-6-4-2/h5,7,11,13,16-17,19-20,54H,3-4,6,8-10,12,14-15,18,21-53,57H2,1-2H3,(H,60,61)/b7-5-,13-11-,17-16-,20-19-. The van der Waals surface area contributed by atoms with Gasteiger partial charge in [0.15, 0.2) is 6.10 Å². The highest BCUT2D eigenvalue weighted by Crippen LogP contribution is 2.43. The molecule has 0 saturated heterocycles. The van der Waals surface area contributed by atoms with Gasteiger partial charge in [-0.25, -0.2) is 4.57 Å². The first-order valence-corrected chi connectivity index (χ1v) is 29.1. The maximum absolute atomic E-state index is 12.6. The third kappa shape index (κ3) is 51.4. The largest absolute Gasteiger partial charge is 0.472 e. The van der Waals surface area contributed by atoms with E-state index in [0.29, 0.717) is 6.42 Å². The summed E-state index contributed by atoms with van der Waals surface area (Å²) in [5.74, 6) is -0.818. The summed E-state index contributed by atoms with van der Waals surface area (Å²) >= 11 is 0. The van der Waals surface area contributed by atoms with Gasteiger partial charge in [-0.2, -0.15) is 0 Å². The fraction of sp³-hybridized carbons (Fsp3) is 0.821. The minimum atomic E-state index is -4.37. The second-order valence-electron chi connectivity index (χ2n) is 18.4. The summed E-state index contributed by atoms with van der Waals surface area (Å²) < 4.78 is 32.9. The smallest absolute Gasteiger partial charge is 0.462 e. The van der Waals surface area contributed by atoms with Crippen molar-refractivity contribution in [3.8, 4) is 0 Å². The molecule has 0 aromatic carbocycles. The molecule has 66 heavy (non-hydrogen) atoms. The first-order valence-electron chi connectivity index (χ1n) is 27.6. The van der Waals surface area contributed by atoms with Crippen molar-refractivity contribution in [3.05, 3.63) is 48.6 Å². The average Bonchev–Trinajstić information content (AvgIpc) is 3.31. The van der Waals surface area contributed by atoms with E-state index in [1.807, 2.05) is 0 Å². The van der Waals surface area contributed by atoms with E-state index in [0.717, 1.165) is 57.8 Å². The molecule has 2 atom stereocenters. The van der Waals surface area contributed by atoms with Gasteiger partial charge in [0.1, 0.15) is 6.61 Å². The molecule has 386 valence electrons. The van der Waals surface area contributed by atoms with Crippen LogP contribution in [0.25, 0.3) is 0 Å². The van der Waals surface area contributed by atoms with Gasteiger partial charge in [-0.1, -0.05) is 249 Å². The third-order valence-corrected chi connectivity index (χ3v) is 13.0. The lowest BCUT2D eigenvalue weighted by molar-refractivity contribution is -0.161. The lowest BCUT2D eigenvalue weighted by Crippen LogP contribution is -2.29. The predicted molar refractivity (Wildman–Crippen MR) is 280 cm³/mol. The fourth-order valence-corrected chi connectivity index (χ4v) is 8.69. The summed E-state index contributed by atoms with van der Waals surface area (Å²) in [7, 11) is -4.37. The van der Waals surface area contributed by atoms with Crippen molar-refractivity contribution in [1.82, 2.24) is 0 Å². The number of allylic oxidation sites excluding steroid dienone is 8. The van der Waals surface area contributed by atoms with Crippen LogP contribution in [-0.2, 0) is 32.7 Å². The van der Waals surface area contributed by atoms with Gasteiger partial charge < -0.3 is 20.1 Å². The summed E-state index contributed by atoms with van der Waals surface area (Å²) in [6.07, 6.45) is 63.4. The quantitative estimate of drug-likeness (QED) is 0.0264. The molecular weight excluding hydrogens is 846 g/mol.